The predicted octanol–water partition coefficient (Wildman–Crippen LogP) is 4.87. The maximum absolute atomic E-state index is 5.94. The van der Waals surface area contributed by atoms with E-state index in [0.29, 0.717) is 6.61 Å². The minimum absolute atomic E-state index is 0.0387. The van der Waals surface area contributed by atoms with Crippen molar-refractivity contribution in [3.8, 4) is 5.75 Å². The Kier molecular flexibility index (Phi) is 4.84. The summed E-state index contributed by atoms with van der Waals surface area (Å²) in [5, 5.41) is 2.05. The maximum Gasteiger partial charge on any atom is 0.125 e. The minimum Gasteiger partial charge on any atom is -0.488 e. The van der Waals surface area contributed by atoms with E-state index in [0.717, 1.165) is 20.3 Å². The van der Waals surface area contributed by atoms with Gasteiger partial charge in [0.1, 0.15) is 12.4 Å². The van der Waals surface area contributed by atoms with Crippen molar-refractivity contribution in [3.05, 3.63) is 49.0 Å². The van der Waals surface area contributed by atoms with Gasteiger partial charge >= 0.3 is 0 Å². The second-order valence-corrected chi connectivity index (χ2v) is 6.82. The van der Waals surface area contributed by atoms with Crippen molar-refractivity contribution in [1.29, 1.82) is 0 Å². The van der Waals surface area contributed by atoms with E-state index in [1.807, 2.05) is 30.5 Å². The van der Waals surface area contributed by atoms with E-state index in [1.54, 1.807) is 11.3 Å². The second kappa shape index (κ2) is 6.19. The molecule has 0 saturated carbocycles. The highest BCUT2D eigenvalue weighted by atomic mass is 79.9. The average molecular weight is 391 g/mol. The summed E-state index contributed by atoms with van der Waals surface area (Å²) in [7, 11) is 0. The Morgan fingerprint density at radius 2 is 2.06 bits per heavy atom. The van der Waals surface area contributed by atoms with Crippen molar-refractivity contribution in [2.75, 3.05) is 0 Å². The van der Waals surface area contributed by atoms with Crippen molar-refractivity contribution in [3.63, 3.8) is 0 Å². The Labute approximate surface area is 127 Å². The van der Waals surface area contributed by atoms with Gasteiger partial charge in [-0.2, -0.15) is 0 Å². The number of benzene rings is 1. The van der Waals surface area contributed by atoms with Crippen molar-refractivity contribution in [1.82, 2.24) is 0 Å². The molecule has 0 saturated heterocycles. The lowest BCUT2D eigenvalue weighted by Gasteiger charge is -2.14. The number of rotatable bonds is 4. The molecule has 2 rings (SSSR count). The first kappa shape index (κ1) is 14.1. The van der Waals surface area contributed by atoms with Gasteiger partial charge in [-0.1, -0.05) is 22.0 Å². The summed E-state index contributed by atoms with van der Waals surface area (Å²) in [5.74, 6) is 0.837. The number of ether oxygens (including phenoxy) is 1. The fraction of sp³-hybridized carbons (Fsp3) is 0.231. The molecule has 0 aliphatic heterocycles. The summed E-state index contributed by atoms with van der Waals surface area (Å²) in [6.07, 6.45) is 0. The van der Waals surface area contributed by atoms with E-state index >= 15 is 0 Å². The number of hydrogen-bond donors (Lipinski definition) is 1. The summed E-state index contributed by atoms with van der Waals surface area (Å²) in [6.45, 7) is 2.52. The molecule has 0 aliphatic rings. The molecule has 0 radical (unpaired) electrons. The maximum atomic E-state index is 5.94. The van der Waals surface area contributed by atoms with Crippen LogP contribution in [0.1, 0.15) is 23.4 Å². The van der Waals surface area contributed by atoms with Crippen LogP contribution in [-0.2, 0) is 6.61 Å². The van der Waals surface area contributed by atoms with Gasteiger partial charge in [-0.15, -0.1) is 11.3 Å². The molecule has 96 valence electrons. The van der Waals surface area contributed by atoms with Crippen molar-refractivity contribution in [2.45, 2.75) is 19.6 Å². The lowest BCUT2D eigenvalue weighted by Crippen LogP contribution is -2.07. The highest BCUT2D eigenvalue weighted by Crippen LogP contribution is 2.29. The Balaban J connectivity index is 2.15. The normalized spacial score (nSPS) is 12.4. The van der Waals surface area contributed by atoms with E-state index in [-0.39, 0.29) is 6.04 Å². The van der Waals surface area contributed by atoms with Crippen molar-refractivity contribution in [2.24, 2.45) is 5.73 Å². The molecule has 1 heterocycles. The Morgan fingerprint density at radius 1 is 1.28 bits per heavy atom. The van der Waals surface area contributed by atoms with Crippen LogP contribution in [0.25, 0.3) is 0 Å². The molecular weight excluding hydrogens is 378 g/mol. The molecule has 5 heteroatoms. The van der Waals surface area contributed by atoms with Crippen molar-refractivity contribution < 1.29 is 4.74 Å². The molecule has 1 aromatic heterocycles. The molecule has 1 aromatic carbocycles. The molecule has 2 N–H and O–H groups in total. The quantitative estimate of drug-likeness (QED) is 0.807. The van der Waals surface area contributed by atoms with Crippen LogP contribution in [0, 0.1) is 0 Å². The topological polar surface area (TPSA) is 35.2 Å². The largest absolute Gasteiger partial charge is 0.488 e. The van der Waals surface area contributed by atoms with Gasteiger partial charge in [0, 0.05) is 30.8 Å². The molecule has 18 heavy (non-hydrogen) atoms. The summed E-state index contributed by atoms with van der Waals surface area (Å²) < 4.78 is 7.94. The molecule has 2 nitrogen and oxygen atoms in total. The number of thiophene rings is 1. The van der Waals surface area contributed by atoms with Gasteiger partial charge in [0.05, 0.1) is 0 Å². The summed E-state index contributed by atoms with van der Waals surface area (Å²) in [5.41, 5.74) is 6.96. The monoisotopic (exact) mass is 389 g/mol. The molecule has 0 spiro atoms. The van der Waals surface area contributed by atoms with E-state index in [4.69, 9.17) is 10.5 Å². The zero-order valence-corrected chi connectivity index (χ0v) is 13.8. The highest BCUT2D eigenvalue weighted by Gasteiger charge is 2.09. The SMILES string of the molecule is C[C@H](N)c1ccc(Br)cc1OCc1cc(Br)cs1. The van der Waals surface area contributed by atoms with E-state index < -0.39 is 0 Å². The van der Waals surface area contributed by atoms with Crippen LogP contribution in [0.2, 0.25) is 0 Å². The predicted molar refractivity (Wildman–Crippen MR) is 83.1 cm³/mol. The van der Waals surface area contributed by atoms with Gasteiger partial charge in [-0.05, 0) is 41.1 Å². The zero-order chi connectivity index (χ0) is 13.1. The average Bonchev–Trinajstić information content (AvgIpc) is 2.72. The van der Waals surface area contributed by atoms with Gasteiger partial charge in [0.15, 0.2) is 0 Å². The van der Waals surface area contributed by atoms with Crippen LogP contribution in [0.4, 0.5) is 0 Å². The van der Waals surface area contributed by atoms with Gasteiger partial charge < -0.3 is 10.5 Å². The van der Waals surface area contributed by atoms with Crippen LogP contribution in [0.15, 0.2) is 38.6 Å². The van der Waals surface area contributed by atoms with Gasteiger partial charge in [-0.25, -0.2) is 0 Å². The third kappa shape index (κ3) is 3.57. The van der Waals surface area contributed by atoms with Crippen molar-refractivity contribution >= 4 is 43.2 Å². The summed E-state index contributed by atoms with van der Waals surface area (Å²) in [6, 6.07) is 7.96. The highest BCUT2D eigenvalue weighted by molar-refractivity contribution is 9.10. The van der Waals surface area contributed by atoms with Crippen LogP contribution in [0.3, 0.4) is 0 Å². The third-order valence-corrected chi connectivity index (χ3v) is 4.62. The van der Waals surface area contributed by atoms with Crippen LogP contribution in [0.5, 0.6) is 5.75 Å². The first-order valence-corrected chi connectivity index (χ1v) is 7.93. The van der Waals surface area contributed by atoms with Crippen LogP contribution in [-0.4, -0.2) is 0 Å². The number of halogens is 2. The lowest BCUT2D eigenvalue weighted by molar-refractivity contribution is 0.305. The van der Waals surface area contributed by atoms with Crippen LogP contribution < -0.4 is 10.5 Å². The molecule has 1 atom stereocenters. The minimum atomic E-state index is -0.0387. The Hall–Kier alpha value is -0.360. The molecular formula is C13H13Br2NOS. The van der Waals surface area contributed by atoms with Gasteiger partial charge in [-0.3, -0.25) is 0 Å². The summed E-state index contributed by atoms with van der Waals surface area (Å²) >= 11 is 8.56. The molecule has 0 unspecified atom stereocenters. The first-order valence-electron chi connectivity index (χ1n) is 5.47. The Morgan fingerprint density at radius 3 is 2.67 bits per heavy atom. The molecule has 0 bridgehead atoms. The Bertz CT molecular complexity index is 540. The fourth-order valence-corrected chi connectivity index (χ4v) is 3.29. The van der Waals surface area contributed by atoms with Gasteiger partial charge in [0.25, 0.3) is 0 Å². The molecule has 0 amide bonds. The van der Waals surface area contributed by atoms with Gasteiger partial charge in [0.2, 0.25) is 0 Å². The lowest BCUT2D eigenvalue weighted by atomic mass is 10.1. The summed E-state index contributed by atoms with van der Waals surface area (Å²) in [4.78, 5) is 1.18. The molecule has 0 aliphatic carbocycles. The van der Waals surface area contributed by atoms with E-state index in [9.17, 15) is 0 Å². The fourth-order valence-electron chi connectivity index (χ4n) is 1.59. The smallest absolute Gasteiger partial charge is 0.125 e. The van der Waals surface area contributed by atoms with E-state index in [1.165, 1.54) is 4.88 Å². The second-order valence-electron chi connectivity index (χ2n) is 3.99. The number of hydrogen-bond acceptors (Lipinski definition) is 3. The molecule has 2 aromatic rings. The standard InChI is InChI=1S/C13H13Br2NOS/c1-8(16)12-3-2-9(14)5-13(12)17-6-11-4-10(15)7-18-11/h2-5,7-8H,6,16H2,1H3/t8-/m0/s1. The number of nitrogens with two attached hydrogens (primary N) is 1. The third-order valence-electron chi connectivity index (χ3n) is 2.46. The van der Waals surface area contributed by atoms with E-state index in [2.05, 4.69) is 37.9 Å². The molecule has 0 fully saturated rings. The zero-order valence-electron chi connectivity index (χ0n) is 9.82. The van der Waals surface area contributed by atoms with Crippen LogP contribution >= 0.6 is 43.2 Å². The first-order chi connectivity index (χ1) is 8.56.